The molecule has 9 heteroatoms. The second kappa shape index (κ2) is 10.8. The second-order valence-electron chi connectivity index (χ2n) is 7.48. The SMILES string of the molecule is CC(NC(=O)N1CCN(CC(=O)NCc2ccccc2)CC1)c1cc(F)c(Cl)cc1Cl. The summed E-state index contributed by atoms with van der Waals surface area (Å²) in [6.45, 7) is 4.69. The number of amides is 3. The van der Waals surface area contributed by atoms with E-state index in [1.54, 1.807) is 11.8 Å². The van der Waals surface area contributed by atoms with Gasteiger partial charge in [0.25, 0.3) is 0 Å². The van der Waals surface area contributed by atoms with E-state index in [-0.39, 0.29) is 17.0 Å². The lowest BCUT2D eigenvalue weighted by molar-refractivity contribution is -0.122. The first-order chi connectivity index (χ1) is 14.8. The number of hydrogen-bond acceptors (Lipinski definition) is 3. The predicted molar refractivity (Wildman–Crippen MR) is 120 cm³/mol. The molecule has 3 amide bonds. The molecule has 166 valence electrons. The lowest BCUT2D eigenvalue weighted by atomic mass is 10.1. The Kier molecular flexibility index (Phi) is 8.12. The molecule has 1 aliphatic rings. The van der Waals surface area contributed by atoms with Gasteiger partial charge in [-0.25, -0.2) is 9.18 Å². The predicted octanol–water partition coefficient (Wildman–Crippen LogP) is 3.84. The molecule has 2 N–H and O–H groups in total. The first kappa shape index (κ1) is 23.3. The van der Waals surface area contributed by atoms with Crippen LogP contribution in [0, 0.1) is 5.82 Å². The first-order valence-corrected chi connectivity index (χ1v) is 10.8. The Morgan fingerprint density at radius 1 is 1.06 bits per heavy atom. The van der Waals surface area contributed by atoms with Gasteiger partial charge in [-0.3, -0.25) is 9.69 Å². The van der Waals surface area contributed by atoms with Gasteiger partial charge in [0.1, 0.15) is 5.82 Å². The number of halogens is 3. The molecular weight excluding hydrogens is 442 g/mol. The highest BCUT2D eigenvalue weighted by molar-refractivity contribution is 6.35. The smallest absolute Gasteiger partial charge is 0.317 e. The average molecular weight is 467 g/mol. The number of piperazine rings is 1. The van der Waals surface area contributed by atoms with Crippen molar-refractivity contribution in [2.75, 3.05) is 32.7 Å². The second-order valence-corrected chi connectivity index (χ2v) is 8.30. The molecule has 0 aromatic heterocycles. The maximum absolute atomic E-state index is 13.8. The van der Waals surface area contributed by atoms with Crippen LogP contribution in [0.15, 0.2) is 42.5 Å². The molecule has 1 aliphatic heterocycles. The van der Waals surface area contributed by atoms with Crippen molar-refractivity contribution in [3.8, 4) is 0 Å². The summed E-state index contributed by atoms with van der Waals surface area (Å²) in [7, 11) is 0. The van der Waals surface area contributed by atoms with E-state index < -0.39 is 11.9 Å². The van der Waals surface area contributed by atoms with E-state index in [2.05, 4.69) is 10.6 Å². The summed E-state index contributed by atoms with van der Waals surface area (Å²) >= 11 is 11.9. The van der Waals surface area contributed by atoms with Gasteiger partial charge in [0.05, 0.1) is 17.6 Å². The quantitative estimate of drug-likeness (QED) is 0.635. The molecule has 1 unspecified atom stereocenters. The zero-order valence-corrected chi connectivity index (χ0v) is 18.7. The summed E-state index contributed by atoms with van der Waals surface area (Å²) < 4.78 is 13.8. The monoisotopic (exact) mass is 466 g/mol. The average Bonchev–Trinajstić information content (AvgIpc) is 2.76. The third kappa shape index (κ3) is 6.56. The Morgan fingerprint density at radius 3 is 2.42 bits per heavy atom. The van der Waals surface area contributed by atoms with Crippen LogP contribution in [-0.4, -0.2) is 54.5 Å². The summed E-state index contributed by atoms with van der Waals surface area (Å²) in [5.74, 6) is -0.629. The van der Waals surface area contributed by atoms with Crippen molar-refractivity contribution in [3.63, 3.8) is 0 Å². The van der Waals surface area contributed by atoms with Gasteiger partial charge in [-0.05, 0) is 30.2 Å². The van der Waals surface area contributed by atoms with Crippen molar-refractivity contribution in [3.05, 3.63) is 69.5 Å². The van der Waals surface area contributed by atoms with Crippen LogP contribution in [0.3, 0.4) is 0 Å². The van der Waals surface area contributed by atoms with Crippen molar-refractivity contribution in [1.29, 1.82) is 0 Å². The Labute approximate surface area is 191 Å². The zero-order chi connectivity index (χ0) is 22.4. The van der Waals surface area contributed by atoms with Crippen LogP contribution in [0.1, 0.15) is 24.1 Å². The van der Waals surface area contributed by atoms with Gasteiger partial charge in [0, 0.05) is 37.7 Å². The zero-order valence-electron chi connectivity index (χ0n) is 17.2. The highest BCUT2D eigenvalue weighted by Crippen LogP contribution is 2.28. The lowest BCUT2D eigenvalue weighted by Crippen LogP contribution is -2.53. The molecule has 6 nitrogen and oxygen atoms in total. The molecule has 0 saturated carbocycles. The van der Waals surface area contributed by atoms with Crippen LogP contribution < -0.4 is 10.6 Å². The summed E-state index contributed by atoms with van der Waals surface area (Å²) in [4.78, 5) is 28.5. The number of urea groups is 1. The highest BCUT2D eigenvalue weighted by atomic mass is 35.5. The molecule has 2 aromatic carbocycles. The van der Waals surface area contributed by atoms with Crippen molar-refractivity contribution in [2.45, 2.75) is 19.5 Å². The molecule has 1 heterocycles. The minimum atomic E-state index is -0.582. The van der Waals surface area contributed by atoms with E-state index in [0.29, 0.717) is 49.9 Å². The summed E-state index contributed by atoms with van der Waals surface area (Å²) in [5.41, 5.74) is 1.51. The summed E-state index contributed by atoms with van der Waals surface area (Å²) in [6, 6.07) is 11.6. The molecule has 0 radical (unpaired) electrons. The maximum Gasteiger partial charge on any atom is 0.317 e. The number of hydrogen-bond donors (Lipinski definition) is 2. The molecule has 0 aliphatic carbocycles. The van der Waals surface area contributed by atoms with E-state index in [4.69, 9.17) is 23.2 Å². The molecule has 0 spiro atoms. The molecule has 1 saturated heterocycles. The van der Waals surface area contributed by atoms with Gasteiger partial charge in [-0.15, -0.1) is 0 Å². The highest BCUT2D eigenvalue weighted by Gasteiger charge is 2.24. The topological polar surface area (TPSA) is 64.7 Å². The maximum atomic E-state index is 13.8. The standard InChI is InChI=1S/C22H25Cl2FN4O2/c1-15(17-11-20(25)19(24)12-18(17)23)27-22(31)29-9-7-28(8-10-29)14-21(30)26-13-16-5-3-2-4-6-16/h2-6,11-12,15H,7-10,13-14H2,1H3,(H,26,30)(H,27,31). The van der Waals surface area contributed by atoms with Crippen molar-refractivity contribution >= 4 is 35.1 Å². The van der Waals surface area contributed by atoms with Gasteiger partial charge in [0.15, 0.2) is 0 Å². The van der Waals surface area contributed by atoms with Crippen LogP contribution in [0.5, 0.6) is 0 Å². The molecule has 1 fully saturated rings. The fourth-order valence-corrected chi connectivity index (χ4v) is 3.94. The van der Waals surface area contributed by atoms with Crippen LogP contribution in [0.4, 0.5) is 9.18 Å². The van der Waals surface area contributed by atoms with Crippen molar-refractivity contribution in [2.24, 2.45) is 0 Å². The molecule has 31 heavy (non-hydrogen) atoms. The van der Waals surface area contributed by atoms with Gasteiger partial charge in [-0.2, -0.15) is 0 Å². The van der Waals surface area contributed by atoms with Crippen LogP contribution in [0.25, 0.3) is 0 Å². The largest absolute Gasteiger partial charge is 0.351 e. The number of rotatable bonds is 6. The lowest BCUT2D eigenvalue weighted by Gasteiger charge is -2.35. The number of benzene rings is 2. The molecular formula is C22H25Cl2FN4O2. The van der Waals surface area contributed by atoms with Crippen LogP contribution in [-0.2, 0) is 11.3 Å². The molecule has 2 aromatic rings. The fourth-order valence-electron chi connectivity index (χ4n) is 3.39. The van der Waals surface area contributed by atoms with Gasteiger partial charge >= 0.3 is 6.03 Å². The first-order valence-electron chi connectivity index (χ1n) is 10.1. The van der Waals surface area contributed by atoms with E-state index in [0.717, 1.165) is 5.56 Å². The minimum Gasteiger partial charge on any atom is -0.351 e. The van der Waals surface area contributed by atoms with E-state index >= 15 is 0 Å². The van der Waals surface area contributed by atoms with Crippen molar-refractivity contribution in [1.82, 2.24) is 20.4 Å². The third-order valence-electron chi connectivity index (χ3n) is 5.21. The minimum absolute atomic E-state index is 0.0465. The Bertz CT molecular complexity index is 921. The van der Waals surface area contributed by atoms with Crippen LogP contribution in [0.2, 0.25) is 10.0 Å². The number of carbonyl (C=O) groups excluding carboxylic acids is 2. The fraction of sp³-hybridized carbons (Fsp3) is 0.364. The van der Waals surface area contributed by atoms with E-state index in [1.807, 2.05) is 35.2 Å². The normalized spacial score (nSPS) is 15.4. The van der Waals surface area contributed by atoms with Gasteiger partial charge in [0.2, 0.25) is 5.91 Å². The summed E-state index contributed by atoms with van der Waals surface area (Å²) in [5, 5.41) is 5.99. The molecule has 3 rings (SSSR count). The Balaban J connectivity index is 1.43. The van der Waals surface area contributed by atoms with Gasteiger partial charge < -0.3 is 15.5 Å². The van der Waals surface area contributed by atoms with E-state index in [1.165, 1.54) is 12.1 Å². The number of carbonyl (C=O) groups is 2. The van der Waals surface area contributed by atoms with E-state index in [9.17, 15) is 14.0 Å². The number of nitrogens with one attached hydrogen (secondary N) is 2. The van der Waals surface area contributed by atoms with Gasteiger partial charge in [-0.1, -0.05) is 53.5 Å². The Hall–Kier alpha value is -2.35. The Morgan fingerprint density at radius 2 is 1.74 bits per heavy atom. The van der Waals surface area contributed by atoms with Crippen LogP contribution >= 0.6 is 23.2 Å². The number of nitrogens with zero attached hydrogens (tertiary/aromatic N) is 2. The molecule has 0 bridgehead atoms. The summed E-state index contributed by atoms with van der Waals surface area (Å²) in [6.07, 6.45) is 0. The third-order valence-corrected chi connectivity index (χ3v) is 5.82. The van der Waals surface area contributed by atoms with Crippen molar-refractivity contribution < 1.29 is 14.0 Å². The molecule has 1 atom stereocenters.